The van der Waals surface area contributed by atoms with E-state index in [4.69, 9.17) is 0 Å². The SMILES string of the molecule is I.I.[Ca+2].[H-].[H-].[H-].[Na+]. The monoisotopic (exact) mass is 322 g/mol. The van der Waals surface area contributed by atoms with E-state index in [2.05, 4.69) is 0 Å². The third-order valence-electron chi connectivity index (χ3n) is 0. The van der Waals surface area contributed by atoms with Gasteiger partial charge in [-0.2, -0.15) is 0 Å². The van der Waals surface area contributed by atoms with Crippen LogP contribution in [0.4, 0.5) is 0 Å². The molecule has 22 valence electrons. The van der Waals surface area contributed by atoms with Gasteiger partial charge in [-0.15, -0.1) is 48.0 Å². The third-order valence-corrected chi connectivity index (χ3v) is 0. The van der Waals surface area contributed by atoms with E-state index in [9.17, 15) is 0 Å². The minimum Gasteiger partial charge on any atom is -1.00 e. The molecular weight excluding hydrogens is 317 g/mol. The van der Waals surface area contributed by atoms with Gasteiger partial charge in [0.05, 0.1) is 0 Å². The van der Waals surface area contributed by atoms with Gasteiger partial charge in [-0.25, -0.2) is 0 Å². The Kier molecular flexibility index (Phi) is 100. The van der Waals surface area contributed by atoms with E-state index in [1.54, 1.807) is 0 Å². The molecule has 0 nitrogen and oxygen atoms in total. The van der Waals surface area contributed by atoms with Gasteiger partial charge in [0, 0.05) is 0 Å². The Morgan fingerprint density at radius 1 is 1.00 bits per heavy atom. The Balaban J connectivity index is 0. The zero-order chi connectivity index (χ0) is 0. The Bertz CT molecular complexity index is 12.9. The molecule has 0 saturated heterocycles. The van der Waals surface area contributed by atoms with Gasteiger partial charge >= 0.3 is 67.3 Å². The summed E-state index contributed by atoms with van der Waals surface area (Å²) in [7, 11) is 0. The van der Waals surface area contributed by atoms with Crippen molar-refractivity contribution >= 4 is 85.7 Å². The second-order valence-corrected chi connectivity index (χ2v) is 0. The fourth-order valence-corrected chi connectivity index (χ4v) is 0. The van der Waals surface area contributed by atoms with Gasteiger partial charge in [-0.3, -0.25) is 0 Å². The Morgan fingerprint density at radius 2 is 1.00 bits per heavy atom. The van der Waals surface area contributed by atoms with Crippen molar-refractivity contribution in [2.45, 2.75) is 0 Å². The summed E-state index contributed by atoms with van der Waals surface area (Å²) in [6.45, 7) is 0. The molecule has 4 heteroatoms. The quantitative estimate of drug-likeness (QED) is 0.365. The van der Waals surface area contributed by atoms with Crippen molar-refractivity contribution in [3.05, 3.63) is 0 Å². The maximum atomic E-state index is 0. The smallest absolute Gasteiger partial charge is 1.00 e. The van der Waals surface area contributed by atoms with Crippen molar-refractivity contribution in [2.24, 2.45) is 0 Å². The first-order valence-electron chi connectivity index (χ1n) is 0. The maximum Gasteiger partial charge on any atom is 2.00 e. The summed E-state index contributed by atoms with van der Waals surface area (Å²) in [6, 6.07) is 0. The van der Waals surface area contributed by atoms with E-state index >= 15 is 0 Å². The van der Waals surface area contributed by atoms with Crippen LogP contribution in [0, 0.1) is 0 Å². The average molecular weight is 322 g/mol. The third kappa shape index (κ3) is 9.21. The molecule has 0 aromatic rings. The molecule has 0 bridgehead atoms. The van der Waals surface area contributed by atoms with E-state index in [0.717, 1.165) is 0 Å². The molecule has 0 aliphatic carbocycles. The molecule has 0 atom stereocenters. The summed E-state index contributed by atoms with van der Waals surface area (Å²) < 4.78 is 0. The van der Waals surface area contributed by atoms with Crippen molar-refractivity contribution in [1.82, 2.24) is 0 Å². The molecule has 0 aromatic heterocycles. The summed E-state index contributed by atoms with van der Waals surface area (Å²) in [5.74, 6) is 0. The molecule has 0 aromatic carbocycles. The molecular formula is H5CaI2Na. The number of hydrogen-bond donors (Lipinski definition) is 0. The molecule has 0 aliphatic rings. The fraction of sp³-hybridized carbons (Fsp3) is 0. The number of halogens is 2. The van der Waals surface area contributed by atoms with Crippen LogP contribution >= 0.6 is 48.0 Å². The number of rotatable bonds is 0. The molecule has 0 radical (unpaired) electrons. The molecule has 4 heavy (non-hydrogen) atoms. The van der Waals surface area contributed by atoms with Crippen LogP contribution in [0.1, 0.15) is 4.28 Å². The van der Waals surface area contributed by atoms with Crippen molar-refractivity contribution in [2.75, 3.05) is 0 Å². The van der Waals surface area contributed by atoms with E-state index in [0.29, 0.717) is 0 Å². The summed E-state index contributed by atoms with van der Waals surface area (Å²) in [4.78, 5) is 0. The van der Waals surface area contributed by atoms with Gasteiger partial charge in [0.1, 0.15) is 0 Å². The Hall–Kier alpha value is 3.72. The molecule has 0 unspecified atom stereocenters. The average Bonchev–Trinajstić information content (AvgIpc) is 0. The van der Waals surface area contributed by atoms with Gasteiger partial charge < -0.3 is 4.28 Å². The maximum absolute atomic E-state index is 0. The van der Waals surface area contributed by atoms with E-state index in [-0.39, 0.29) is 120 Å². The van der Waals surface area contributed by atoms with Crippen LogP contribution in [0.25, 0.3) is 0 Å². The van der Waals surface area contributed by atoms with E-state index in [1.165, 1.54) is 0 Å². The van der Waals surface area contributed by atoms with Crippen LogP contribution in [-0.2, 0) is 0 Å². The van der Waals surface area contributed by atoms with Gasteiger partial charge in [-0.1, -0.05) is 0 Å². The van der Waals surface area contributed by atoms with Gasteiger partial charge in [0.15, 0.2) is 0 Å². The Morgan fingerprint density at radius 3 is 1.00 bits per heavy atom. The van der Waals surface area contributed by atoms with Gasteiger partial charge in [-0.05, 0) is 0 Å². The van der Waals surface area contributed by atoms with Crippen LogP contribution in [0.2, 0.25) is 0 Å². The molecule has 0 N–H and O–H groups in total. The summed E-state index contributed by atoms with van der Waals surface area (Å²) in [5, 5.41) is 0. The van der Waals surface area contributed by atoms with Crippen molar-refractivity contribution < 1.29 is 33.8 Å². The standard InChI is InChI=1S/Ca.2HI.Na.3H/h;2*1H;;;;/q+2;;;+1;3*-1. The molecule has 0 fully saturated rings. The topological polar surface area (TPSA) is 0 Å². The van der Waals surface area contributed by atoms with E-state index < -0.39 is 0 Å². The first-order valence-corrected chi connectivity index (χ1v) is 0. The predicted molar refractivity (Wildman–Crippen MR) is 39.9 cm³/mol. The normalized spacial score (nSPS) is 0. The zero-order valence-corrected chi connectivity index (χ0v) is 11.4. The molecule has 0 amide bonds. The second-order valence-electron chi connectivity index (χ2n) is 0. The second kappa shape index (κ2) is 15.9. The fourth-order valence-electron chi connectivity index (χ4n) is 0. The summed E-state index contributed by atoms with van der Waals surface area (Å²) >= 11 is 0. The molecule has 0 heterocycles. The van der Waals surface area contributed by atoms with Crippen molar-refractivity contribution in [3.8, 4) is 0 Å². The van der Waals surface area contributed by atoms with Crippen LogP contribution in [-0.4, -0.2) is 37.7 Å². The minimum absolute atomic E-state index is 0. The largest absolute Gasteiger partial charge is 2.00 e. The van der Waals surface area contributed by atoms with Crippen molar-refractivity contribution in [1.29, 1.82) is 0 Å². The zero-order valence-electron chi connectivity index (χ0n) is 5.52. The van der Waals surface area contributed by atoms with Crippen LogP contribution in [0.15, 0.2) is 0 Å². The van der Waals surface area contributed by atoms with Gasteiger partial charge in [0.25, 0.3) is 0 Å². The van der Waals surface area contributed by atoms with Crippen LogP contribution in [0.3, 0.4) is 0 Å². The van der Waals surface area contributed by atoms with Gasteiger partial charge in [0.2, 0.25) is 0 Å². The van der Waals surface area contributed by atoms with E-state index in [1.807, 2.05) is 0 Å². The molecule has 0 spiro atoms. The first kappa shape index (κ1) is 25.2. The molecule has 0 saturated carbocycles. The summed E-state index contributed by atoms with van der Waals surface area (Å²) in [6.07, 6.45) is 0. The predicted octanol–water partition coefficient (Wildman–Crippen LogP) is -1.80. The molecule has 0 aliphatic heterocycles. The Labute approximate surface area is 117 Å². The van der Waals surface area contributed by atoms with Crippen LogP contribution in [0.5, 0.6) is 0 Å². The minimum atomic E-state index is 0. The molecule has 0 rings (SSSR count). The van der Waals surface area contributed by atoms with Crippen molar-refractivity contribution in [3.63, 3.8) is 0 Å². The summed E-state index contributed by atoms with van der Waals surface area (Å²) in [5.41, 5.74) is 0. The first-order chi connectivity index (χ1) is 0. The number of hydrogen-bond acceptors (Lipinski definition) is 0. The van der Waals surface area contributed by atoms with Crippen LogP contribution < -0.4 is 29.6 Å².